The van der Waals surface area contributed by atoms with Gasteiger partial charge in [0.05, 0.1) is 11.8 Å². The van der Waals surface area contributed by atoms with E-state index in [0.29, 0.717) is 15.8 Å². The van der Waals surface area contributed by atoms with E-state index in [9.17, 15) is 4.79 Å². The number of carbonyl (C=O) groups excluding carboxylic acids is 1. The number of nitrogens with zero attached hydrogens (tertiary/aromatic N) is 3. The summed E-state index contributed by atoms with van der Waals surface area (Å²) < 4.78 is 6.23. The summed E-state index contributed by atoms with van der Waals surface area (Å²) in [6, 6.07) is 10.5. The number of hydrazine groups is 1. The summed E-state index contributed by atoms with van der Waals surface area (Å²) in [5.74, 6) is 0.506. The lowest BCUT2D eigenvalue weighted by Gasteiger charge is -2.12. The monoisotopic (exact) mass is 400 g/mol. The molecule has 1 aromatic carbocycles. The molecule has 0 spiro atoms. The second-order valence-corrected chi connectivity index (χ2v) is 5.65. The van der Waals surface area contributed by atoms with Crippen LogP contribution < -0.4 is 21.3 Å². The molecular weight excluding hydrogens is 388 g/mol. The molecule has 4 N–H and O–H groups in total. The van der Waals surface area contributed by atoms with Gasteiger partial charge >= 0.3 is 0 Å². The van der Waals surface area contributed by atoms with Gasteiger partial charge in [-0.2, -0.15) is 4.98 Å². The number of amides is 1. The van der Waals surface area contributed by atoms with E-state index in [4.69, 9.17) is 10.5 Å². The van der Waals surface area contributed by atoms with Crippen molar-refractivity contribution in [2.75, 3.05) is 11.2 Å². The molecule has 1 amide bonds. The molecule has 0 unspecified atom stereocenters. The molecule has 0 aliphatic heterocycles. The number of carbonyl (C=O) groups is 1. The molecule has 9 heteroatoms. The Balaban J connectivity index is 1.72. The normalized spacial score (nSPS) is 10.1. The first-order valence-corrected chi connectivity index (χ1v) is 7.93. The van der Waals surface area contributed by atoms with E-state index in [1.54, 1.807) is 36.5 Å². The number of pyridine rings is 1. The van der Waals surface area contributed by atoms with Crippen molar-refractivity contribution in [2.45, 2.75) is 0 Å². The SMILES string of the molecule is Nc1c(NNC(=O)c2ccccc2Br)ncnc1Oc1cccnc1. The summed E-state index contributed by atoms with van der Waals surface area (Å²) in [5.41, 5.74) is 11.8. The molecule has 0 saturated carbocycles. The molecule has 0 radical (unpaired) electrons. The topological polar surface area (TPSA) is 115 Å². The van der Waals surface area contributed by atoms with Crippen molar-refractivity contribution >= 4 is 33.3 Å². The minimum absolute atomic E-state index is 0.152. The third kappa shape index (κ3) is 4.01. The second kappa shape index (κ2) is 7.58. The summed E-state index contributed by atoms with van der Waals surface area (Å²) in [5, 5.41) is 0. The Labute approximate surface area is 151 Å². The molecule has 0 atom stereocenters. The molecule has 0 fully saturated rings. The summed E-state index contributed by atoms with van der Waals surface area (Å²) in [4.78, 5) is 24.1. The zero-order chi connectivity index (χ0) is 17.6. The molecule has 25 heavy (non-hydrogen) atoms. The predicted octanol–water partition coefficient (Wildman–Crippen LogP) is 2.77. The van der Waals surface area contributed by atoms with Crippen LogP contribution in [0.5, 0.6) is 11.6 Å². The number of hydrogen-bond acceptors (Lipinski definition) is 7. The zero-order valence-corrected chi connectivity index (χ0v) is 14.4. The van der Waals surface area contributed by atoms with Crippen LogP contribution in [0.4, 0.5) is 11.5 Å². The number of benzene rings is 1. The number of nitrogen functional groups attached to an aromatic ring is 1. The smallest absolute Gasteiger partial charge is 0.270 e. The molecule has 0 aliphatic carbocycles. The Kier molecular flexibility index (Phi) is 5.05. The molecule has 3 rings (SSSR count). The molecule has 2 aromatic heterocycles. The number of aromatic nitrogens is 3. The third-order valence-corrected chi connectivity index (χ3v) is 3.80. The molecule has 0 saturated heterocycles. The summed E-state index contributed by atoms with van der Waals surface area (Å²) in [6.45, 7) is 0. The van der Waals surface area contributed by atoms with Gasteiger partial charge in [0.25, 0.3) is 5.91 Å². The van der Waals surface area contributed by atoms with Crippen LogP contribution in [-0.4, -0.2) is 20.9 Å². The maximum atomic E-state index is 12.2. The van der Waals surface area contributed by atoms with Crippen LogP contribution in [0, 0.1) is 0 Å². The fourth-order valence-corrected chi connectivity index (χ4v) is 2.37. The number of rotatable bonds is 5. The Morgan fingerprint density at radius 2 is 2.00 bits per heavy atom. The van der Waals surface area contributed by atoms with Crippen LogP contribution in [0.2, 0.25) is 0 Å². The number of hydrogen-bond donors (Lipinski definition) is 3. The average Bonchev–Trinajstić information content (AvgIpc) is 2.63. The van der Waals surface area contributed by atoms with Gasteiger partial charge in [-0.3, -0.25) is 20.6 Å². The highest BCUT2D eigenvalue weighted by Crippen LogP contribution is 2.28. The summed E-state index contributed by atoms with van der Waals surface area (Å²) >= 11 is 3.32. The standard InChI is InChI=1S/C16H13BrN6O2/c17-12-6-2-1-5-11(12)15(24)23-22-14-13(18)16(21-9-20-14)25-10-4-3-7-19-8-10/h1-9H,18H2,(H,23,24)(H,20,21,22). The maximum absolute atomic E-state index is 12.2. The average molecular weight is 401 g/mol. The highest BCUT2D eigenvalue weighted by Gasteiger charge is 2.13. The Morgan fingerprint density at radius 3 is 2.76 bits per heavy atom. The quantitative estimate of drug-likeness (QED) is 0.563. The maximum Gasteiger partial charge on any atom is 0.270 e. The van der Waals surface area contributed by atoms with Crippen molar-refractivity contribution in [1.29, 1.82) is 0 Å². The number of anilines is 2. The number of halogens is 1. The first-order chi connectivity index (χ1) is 12.1. The van der Waals surface area contributed by atoms with Gasteiger partial charge in [-0.25, -0.2) is 4.98 Å². The van der Waals surface area contributed by atoms with Gasteiger partial charge in [-0.05, 0) is 40.2 Å². The van der Waals surface area contributed by atoms with Crippen LogP contribution in [0.3, 0.4) is 0 Å². The van der Waals surface area contributed by atoms with Crippen molar-refractivity contribution in [3.05, 3.63) is 65.2 Å². The largest absolute Gasteiger partial charge is 0.435 e. The highest BCUT2D eigenvalue weighted by molar-refractivity contribution is 9.10. The second-order valence-electron chi connectivity index (χ2n) is 4.79. The van der Waals surface area contributed by atoms with Crippen LogP contribution in [0.1, 0.15) is 10.4 Å². The van der Waals surface area contributed by atoms with Crippen molar-refractivity contribution in [3.8, 4) is 11.6 Å². The van der Waals surface area contributed by atoms with E-state index in [2.05, 4.69) is 41.7 Å². The van der Waals surface area contributed by atoms with Gasteiger partial charge in [-0.15, -0.1) is 0 Å². The van der Waals surface area contributed by atoms with Gasteiger partial charge < -0.3 is 10.5 Å². The lowest BCUT2D eigenvalue weighted by molar-refractivity contribution is 0.0961. The lowest BCUT2D eigenvalue weighted by atomic mass is 10.2. The van der Waals surface area contributed by atoms with E-state index in [1.165, 1.54) is 12.5 Å². The predicted molar refractivity (Wildman–Crippen MR) is 96.0 cm³/mol. The number of nitrogens with one attached hydrogen (secondary N) is 2. The van der Waals surface area contributed by atoms with Gasteiger partial charge in [0.1, 0.15) is 17.8 Å². The fourth-order valence-electron chi connectivity index (χ4n) is 1.91. The zero-order valence-electron chi connectivity index (χ0n) is 12.8. The van der Waals surface area contributed by atoms with Gasteiger partial charge in [0.2, 0.25) is 5.88 Å². The van der Waals surface area contributed by atoms with E-state index in [-0.39, 0.29) is 23.3 Å². The molecule has 126 valence electrons. The van der Waals surface area contributed by atoms with Crippen molar-refractivity contribution < 1.29 is 9.53 Å². The van der Waals surface area contributed by atoms with Crippen LogP contribution in [0.15, 0.2) is 59.6 Å². The Morgan fingerprint density at radius 1 is 1.16 bits per heavy atom. The highest BCUT2D eigenvalue weighted by atomic mass is 79.9. The van der Waals surface area contributed by atoms with Gasteiger partial charge in [0.15, 0.2) is 5.82 Å². The van der Waals surface area contributed by atoms with E-state index < -0.39 is 0 Å². The van der Waals surface area contributed by atoms with Gasteiger partial charge in [0, 0.05) is 10.7 Å². The summed E-state index contributed by atoms with van der Waals surface area (Å²) in [7, 11) is 0. The first-order valence-electron chi connectivity index (χ1n) is 7.14. The van der Waals surface area contributed by atoms with Crippen LogP contribution in [-0.2, 0) is 0 Å². The van der Waals surface area contributed by atoms with Crippen molar-refractivity contribution in [3.63, 3.8) is 0 Å². The van der Waals surface area contributed by atoms with E-state index in [0.717, 1.165) is 0 Å². The summed E-state index contributed by atoms with van der Waals surface area (Å²) in [6.07, 6.45) is 4.43. The molecule has 2 heterocycles. The van der Waals surface area contributed by atoms with E-state index >= 15 is 0 Å². The van der Waals surface area contributed by atoms with Crippen LogP contribution in [0.25, 0.3) is 0 Å². The molecule has 3 aromatic rings. The molecular formula is C16H13BrN6O2. The van der Waals surface area contributed by atoms with Crippen molar-refractivity contribution in [1.82, 2.24) is 20.4 Å². The van der Waals surface area contributed by atoms with E-state index in [1.807, 2.05) is 6.07 Å². The third-order valence-electron chi connectivity index (χ3n) is 3.11. The molecule has 0 bridgehead atoms. The van der Waals surface area contributed by atoms with Gasteiger partial charge in [-0.1, -0.05) is 12.1 Å². The lowest BCUT2D eigenvalue weighted by Crippen LogP contribution is -2.30. The van der Waals surface area contributed by atoms with Crippen LogP contribution >= 0.6 is 15.9 Å². The Hall–Kier alpha value is -3.20. The Bertz CT molecular complexity index is 891. The first kappa shape index (κ1) is 16.7. The molecule has 0 aliphatic rings. The minimum Gasteiger partial charge on any atom is -0.435 e. The van der Waals surface area contributed by atoms with Crippen molar-refractivity contribution in [2.24, 2.45) is 0 Å². The number of ether oxygens (including phenoxy) is 1. The fraction of sp³-hybridized carbons (Fsp3) is 0. The number of nitrogens with two attached hydrogens (primary N) is 1. The minimum atomic E-state index is -0.347. The molecule has 8 nitrogen and oxygen atoms in total.